The monoisotopic (exact) mass is 614 g/mol. The van der Waals surface area contributed by atoms with E-state index in [1.54, 1.807) is 5.57 Å². The molecule has 3 fully saturated rings. The van der Waals surface area contributed by atoms with Gasteiger partial charge in [-0.1, -0.05) is 65.5 Å². The molecule has 4 aliphatic rings. The SMILES string of the molecule is CC(C)CCC[C@@H](C)[C@H]1CC[C@H]2[C@@H]3CC=C4CC(NC(=O)C(CCCNCCCN)NCCCN)CC[C@]4(C)[C@H]3CC[C@]12C. The lowest BCUT2D eigenvalue weighted by Crippen LogP contribution is -2.53. The van der Waals surface area contributed by atoms with Crippen LogP contribution in [-0.2, 0) is 4.79 Å². The normalized spacial score (nSPS) is 34.5. The number of carbonyl (C=O) groups is 1. The summed E-state index contributed by atoms with van der Waals surface area (Å²) in [7, 11) is 0. The minimum Gasteiger partial charge on any atom is -0.352 e. The van der Waals surface area contributed by atoms with Crippen LogP contribution in [0, 0.1) is 46.3 Å². The van der Waals surface area contributed by atoms with Gasteiger partial charge in [-0.25, -0.2) is 0 Å². The average Bonchev–Trinajstić information content (AvgIpc) is 3.35. The Morgan fingerprint density at radius 3 is 2.39 bits per heavy atom. The smallest absolute Gasteiger partial charge is 0.237 e. The van der Waals surface area contributed by atoms with Crippen molar-refractivity contribution >= 4 is 5.91 Å². The van der Waals surface area contributed by atoms with Crippen molar-refractivity contribution in [2.75, 3.05) is 32.7 Å². The summed E-state index contributed by atoms with van der Waals surface area (Å²) in [5.74, 6) is 5.37. The molecule has 254 valence electrons. The van der Waals surface area contributed by atoms with Crippen molar-refractivity contribution in [2.45, 2.75) is 143 Å². The molecule has 3 saturated carbocycles. The van der Waals surface area contributed by atoms with E-state index in [0.29, 0.717) is 17.4 Å². The number of carbonyl (C=O) groups excluding carboxylic acids is 1. The van der Waals surface area contributed by atoms with E-state index in [-0.39, 0.29) is 18.0 Å². The second-order valence-electron chi connectivity index (χ2n) is 16.4. The average molecular weight is 614 g/mol. The van der Waals surface area contributed by atoms with Crippen molar-refractivity contribution in [3.63, 3.8) is 0 Å². The molecule has 0 spiro atoms. The number of allylic oxidation sites excluding steroid dienone is 1. The first-order chi connectivity index (χ1) is 21.1. The molecular weight excluding hydrogens is 542 g/mol. The maximum absolute atomic E-state index is 13.5. The van der Waals surface area contributed by atoms with E-state index < -0.39 is 0 Å². The zero-order valence-corrected chi connectivity index (χ0v) is 29.4. The van der Waals surface area contributed by atoms with Crippen molar-refractivity contribution in [1.82, 2.24) is 16.0 Å². The highest BCUT2D eigenvalue weighted by Gasteiger charge is 2.59. The largest absolute Gasteiger partial charge is 0.352 e. The molecule has 0 heterocycles. The number of amides is 1. The zero-order valence-electron chi connectivity index (χ0n) is 29.4. The summed E-state index contributed by atoms with van der Waals surface area (Å²) in [6, 6.07) is 0.117. The summed E-state index contributed by atoms with van der Waals surface area (Å²) in [6.07, 6.45) is 21.0. The van der Waals surface area contributed by atoms with Crippen molar-refractivity contribution in [3.8, 4) is 0 Å². The van der Waals surface area contributed by atoms with Crippen molar-refractivity contribution in [2.24, 2.45) is 57.8 Å². The third-order valence-electron chi connectivity index (χ3n) is 13.1. The highest BCUT2D eigenvalue weighted by atomic mass is 16.2. The van der Waals surface area contributed by atoms with Gasteiger partial charge in [0.15, 0.2) is 0 Å². The highest BCUT2D eigenvalue weighted by Crippen LogP contribution is 2.67. The molecule has 44 heavy (non-hydrogen) atoms. The standard InChI is InChI=1S/C38H71N5O/c1-27(2)10-6-11-28(3)32-15-16-33-31-14-13-29-26-30(17-19-37(29,4)34(31)18-20-38(32,33)5)43-36(44)35(42-25-9-22-40)12-7-23-41-24-8-21-39/h13,27-28,30-35,41-42H,6-12,14-26,39-40H2,1-5H3,(H,43,44)/t28-,30?,31+,32-,33+,34+,35?,37+,38-/m1/s1. The summed E-state index contributed by atoms with van der Waals surface area (Å²) >= 11 is 0. The lowest BCUT2D eigenvalue weighted by atomic mass is 9.47. The van der Waals surface area contributed by atoms with Crippen LogP contribution in [0.5, 0.6) is 0 Å². The number of rotatable bonds is 18. The number of hydrogen-bond donors (Lipinski definition) is 5. The van der Waals surface area contributed by atoms with E-state index in [1.165, 1.54) is 57.8 Å². The lowest BCUT2D eigenvalue weighted by Gasteiger charge is -2.58. The molecule has 0 aliphatic heterocycles. The molecule has 0 radical (unpaired) electrons. The van der Waals surface area contributed by atoms with Crippen LogP contribution in [0.25, 0.3) is 0 Å². The summed E-state index contributed by atoms with van der Waals surface area (Å²) in [6.45, 7) is 16.7. The molecule has 7 N–H and O–H groups in total. The number of fused-ring (bicyclic) bond motifs is 5. The predicted octanol–water partition coefficient (Wildman–Crippen LogP) is 6.54. The van der Waals surface area contributed by atoms with Crippen LogP contribution < -0.4 is 27.4 Å². The molecule has 9 atom stereocenters. The molecule has 4 aliphatic carbocycles. The molecule has 0 aromatic rings. The van der Waals surface area contributed by atoms with Crippen molar-refractivity contribution < 1.29 is 4.79 Å². The lowest BCUT2D eigenvalue weighted by molar-refractivity contribution is -0.124. The van der Waals surface area contributed by atoms with Gasteiger partial charge >= 0.3 is 0 Å². The van der Waals surface area contributed by atoms with Crippen LogP contribution in [0.3, 0.4) is 0 Å². The van der Waals surface area contributed by atoms with E-state index in [4.69, 9.17) is 11.5 Å². The Kier molecular flexibility index (Phi) is 13.7. The number of hydrogen-bond acceptors (Lipinski definition) is 5. The summed E-state index contributed by atoms with van der Waals surface area (Å²) < 4.78 is 0. The van der Waals surface area contributed by atoms with E-state index in [9.17, 15) is 4.79 Å². The van der Waals surface area contributed by atoms with Crippen LogP contribution in [0.15, 0.2) is 11.6 Å². The molecule has 1 amide bonds. The molecule has 0 bridgehead atoms. The van der Waals surface area contributed by atoms with E-state index >= 15 is 0 Å². The second-order valence-corrected chi connectivity index (χ2v) is 16.4. The summed E-state index contributed by atoms with van der Waals surface area (Å²) in [5, 5.41) is 10.5. The molecule has 2 unspecified atom stereocenters. The molecule has 6 nitrogen and oxygen atoms in total. The predicted molar refractivity (Wildman–Crippen MR) is 186 cm³/mol. The first-order valence-corrected chi connectivity index (χ1v) is 19.0. The van der Waals surface area contributed by atoms with Crippen LogP contribution in [0.1, 0.15) is 131 Å². The van der Waals surface area contributed by atoms with Crippen molar-refractivity contribution in [1.29, 1.82) is 0 Å². The molecule has 4 rings (SSSR count). The van der Waals surface area contributed by atoms with Crippen LogP contribution >= 0.6 is 0 Å². The molecule has 0 aromatic heterocycles. The maximum Gasteiger partial charge on any atom is 0.237 e. The molecule has 0 aromatic carbocycles. The fourth-order valence-corrected chi connectivity index (χ4v) is 10.6. The molecule has 0 saturated heterocycles. The third kappa shape index (κ3) is 8.49. The van der Waals surface area contributed by atoms with Gasteiger partial charge in [-0.3, -0.25) is 4.79 Å². The van der Waals surface area contributed by atoms with Gasteiger partial charge in [0.2, 0.25) is 5.91 Å². The first kappa shape index (κ1) is 35.9. The maximum atomic E-state index is 13.5. The fourth-order valence-electron chi connectivity index (χ4n) is 10.6. The van der Waals surface area contributed by atoms with Gasteiger partial charge < -0.3 is 27.4 Å². The Labute approximate surface area is 271 Å². The second kappa shape index (κ2) is 16.7. The van der Waals surface area contributed by atoms with E-state index in [1.807, 2.05) is 0 Å². The van der Waals surface area contributed by atoms with Gasteiger partial charge in [-0.2, -0.15) is 0 Å². The van der Waals surface area contributed by atoms with Crippen LogP contribution in [-0.4, -0.2) is 50.7 Å². The van der Waals surface area contributed by atoms with Crippen LogP contribution in [0.2, 0.25) is 0 Å². The summed E-state index contributed by atoms with van der Waals surface area (Å²) in [5.41, 5.74) is 13.9. The minimum absolute atomic E-state index is 0.144. The van der Waals surface area contributed by atoms with Gasteiger partial charge in [0.1, 0.15) is 0 Å². The number of nitrogens with one attached hydrogen (secondary N) is 3. The first-order valence-electron chi connectivity index (χ1n) is 19.0. The Morgan fingerprint density at radius 2 is 1.64 bits per heavy atom. The minimum atomic E-state index is -0.144. The third-order valence-corrected chi connectivity index (χ3v) is 13.1. The van der Waals surface area contributed by atoms with Gasteiger partial charge in [-0.15, -0.1) is 0 Å². The van der Waals surface area contributed by atoms with Crippen molar-refractivity contribution in [3.05, 3.63) is 11.6 Å². The molecular formula is C38H71N5O. The Balaban J connectivity index is 1.34. The van der Waals surface area contributed by atoms with E-state index in [0.717, 1.165) is 100 Å². The topological polar surface area (TPSA) is 105 Å². The van der Waals surface area contributed by atoms with Gasteiger partial charge in [0.25, 0.3) is 0 Å². The Hall–Kier alpha value is -0.950. The van der Waals surface area contributed by atoms with Gasteiger partial charge in [0, 0.05) is 6.04 Å². The zero-order chi connectivity index (χ0) is 31.7. The van der Waals surface area contributed by atoms with Gasteiger partial charge in [-0.05, 0) is 156 Å². The van der Waals surface area contributed by atoms with Gasteiger partial charge in [0.05, 0.1) is 6.04 Å². The molecule has 6 heteroatoms. The Morgan fingerprint density at radius 1 is 0.886 bits per heavy atom. The van der Waals surface area contributed by atoms with Crippen LogP contribution in [0.4, 0.5) is 0 Å². The quantitative estimate of drug-likeness (QED) is 0.0892. The number of nitrogens with two attached hydrogens (primary N) is 2. The highest BCUT2D eigenvalue weighted by molar-refractivity contribution is 5.82. The Bertz CT molecular complexity index is 921. The fraction of sp³-hybridized carbons (Fsp3) is 0.921. The van der Waals surface area contributed by atoms with E-state index in [2.05, 4.69) is 56.6 Å². The summed E-state index contributed by atoms with van der Waals surface area (Å²) in [4.78, 5) is 13.5.